The molecule has 0 aromatic heterocycles. The lowest BCUT2D eigenvalue weighted by Gasteiger charge is -2.27. The van der Waals surface area contributed by atoms with Crippen molar-refractivity contribution in [1.29, 1.82) is 0 Å². The van der Waals surface area contributed by atoms with Crippen LogP contribution in [0.4, 0.5) is 0 Å². The molecule has 0 amide bonds. The highest BCUT2D eigenvalue weighted by Gasteiger charge is 2.17. The molecule has 14 heavy (non-hydrogen) atoms. The van der Waals surface area contributed by atoms with E-state index in [1.54, 1.807) is 5.57 Å². The van der Waals surface area contributed by atoms with Crippen molar-refractivity contribution in [2.45, 2.75) is 57.9 Å². The summed E-state index contributed by atoms with van der Waals surface area (Å²) in [4.78, 5) is 0. The molecule has 0 aromatic rings. The Morgan fingerprint density at radius 3 is 2.71 bits per heavy atom. The minimum Gasteiger partial charge on any atom is -0.310 e. The third-order valence-electron chi connectivity index (χ3n) is 3.77. The molecule has 1 saturated carbocycles. The van der Waals surface area contributed by atoms with Gasteiger partial charge < -0.3 is 5.32 Å². The van der Waals surface area contributed by atoms with E-state index in [9.17, 15) is 0 Å². The zero-order valence-corrected chi connectivity index (χ0v) is 9.39. The van der Waals surface area contributed by atoms with Gasteiger partial charge in [0.15, 0.2) is 0 Å². The van der Waals surface area contributed by atoms with E-state index < -0.39 is 0 Å². The van der Waals surface area contributed by atoms with Gasteiger partial charge in [0, 0.05) is 12.6 Å². The fourth-order valence-electron chi connectivity index (χ4n) is 2.64. The summed E-state index contributed by atoms with van der Waals surface area (Å²) in [6.45, 7) is 3.55. The van der Waals surface area contributed by atoms with Crippen LogP contribution < -0.4 is 5.32 Å². The van der Waals surface area contributed by atoms with Gasteiger partial charge in [-0.1, -0.05) is 18.6 Å². The van der Waals surface area contributed by atoms with Gasteiger partial charge in [-0.2, -0.15) is 0 Å². The van der Waals surface area contributed by atoms with Crippen molar-refractivity contribution in [1.82, 2.24) is 5.32 Å². The summed E-state index contributed by atoms with van der Waals surface area (Å²) in [7, 11) is 0. The molecule has 0 spiro atoms. The van der Waals surface area contributed by atoms with Crippen molar-refractivity contribution < 1.29 is 0 Å². The van der Waals surface area contributed by atoms with Gasteiger partial charge in [0.1, 0.15) is 0 Å². The van der Waals surface area contributed by atoms with Crippen LogP contribution in [0.5, 0.6) is 0 Å². The molecule has 2 rings (SSSR count). The maximum Gasteiger partial charge on any atom is 0.0167 e. The Labute approximate surface area is 88.0 Å². The third kappa shape index (κ3) is 2.84. The summed E-state index contributed by atoms with van der Waals surface area (Å²) in [5, 5.41) is 3.72. The van der Waals surface area contributed by atoms with E-state index >= 15 is 0 Å². The Balaban J connectivity index is 1.65. The second kappa shape index (κ2) is 4.97. The SMILES string of the molecule is CC1CCC(NCC2=CCCC2)CC1. The van der Waals surface area contributed by atoms with Crippen molar-refractivity contribution in [2.24, 2.45) is 5.92 Å². The monoisotopic (exact) mass is 193 g/mol. The maximum atomic E-state index is 3.72. The van der Waals surface area contributed by atoms with Crippen LogP contribution in [-0.2, 0) is 0 Å². The van der Waals surface area contributed by atoms with E-state index in [-0.39, 0.29) is 0 Å². The normalized spacial score (nSPS) is 33.1. The molecule has 80 valence electrons. The summed E-state index contributed by atoms with van der Waals surface area (Å²) in [6.07, 6.45) is 12.1. The molecule has 1 nitrogen and oxygen atoms in total. The first kappa shape index (κ1) is 10.2. The molecule has 0 aromatic carbocycles. The third-order valence-corrected chi connectivity index (χ3v) is 3.77. The highest BCUT2D eigenvalue weighted by Crippen LogP contribution is 2.24. The Bertz CT molecular complexity index is 199. The molecule has 1 fully saturated rings. The summed E-state index contributed by atoms with van der Waals surface area (Å²) in [5.74, 6) is 0.971. The van der Waals surface area contributed by atoms with Crippen LogP contribution in [0.1, 0.15) is 51.9 Å². The molecule has 0 aliphatic heterocycles. The van der Waals surface area contributed by atoms with Gasteiger partial charge in [-0.15, -0.1) is 0 Å². The fourth-order valence-corrected chi connectivity index (χ4v) is 2.64. The topological polar surface area (TPSA) is 12.0 Å². The van der Waals surface area contributed by atoms with Crippen molar-refractivity contribution >= 4 is 0 Å². The van der Waals surface area contributed by atoms with Crippen LogP contribution in [0.15, 0.2) is 11.6 Å². The smallest absolute Gasteiger partial charge is 0.0167 e. The second-order valence-electron chi connectivity index (χ2n) is 5.09. The molecule has 0 atom stereocenters. The molecule has 1 N–H and O–H groups in total. The number of hydrogen-bond acceptors (Lipinski definition) is 1. The van der Waals surface area contributed by atoms with Crippen LogP contribution in [0.3, 0.4) is 0 Å². The van der Waals surface area contributed by atoms with Gasteiger partial charge in [0.25, 0.3) is 0 Å². The van der Waals surface area contributed by atoms with Crippen LogP contribution in [0.2, 0.25) is 0 Å². The summed E-state index contributed by atoms with van der Waals surface area (Å²) < 4.78 is 0. The first-order valence-corrected chi connectivity index (χ1v) is 6.26. The van der Waals surface area contributed by atoms with Gasteiger partial charge >= 0.3 is 0 Å². The summed E-state index contributed by atoms with van der Waals surface area (Å²) in [5.41, 5.74) is 1.66. The maximum absolute atomic E-state index is 3.72. The van der Waals surface area contributed by atoms with E-state index in [1.165, 1.54) is 51.5 Å². The van der Waals surface area contributed by atoms with Crippen molar-refractivity contribution in [3.63, 3.8) is 0 Å². The first-order valence-electron chi connectivity index (χ1n) is 6.26. The lowest BCUT2D eigenvalue weighted by Crippen LogP contribution is -2.33. The number of allylic oxidation sites excluding steroid dienone is 1. The molecule has 1 heteroatoms. The number of rotatable bonds is 3. The van der Waals surface area contributed by atoms with E-state index in [0.717, 1.165) is 12.0 Å². The Kier molecular flexibility index (Phi) is 3.63. The number of nitrogens with one attached hydrogen (secondary N) is 1. The van der Waals surface area contributed by atoms with E-state index in [2.05, 4.69) is 18.3 Å². The van der Waals surface area contributed by atoms with E-state index in [1.807, 2.05) is 0 Å². The quantitative estimate of drug-likeness (QED) is 0.678. The summed E-state index contributed by atoms with van der Waals surface area (Å²) >= 11 is 0. The Morgan fingerprint density at radius 2 is 2.07 bits per heavy atom. The summed E-state index contributed by atoms with van der Waals surface area (Å²) in [6, 6.07) is 0.813. The minimum atomic E-state index is 0.813. The van der Waals surface area contributed by atoms with Crippen LogP contribution >= 0.6 is 0 Å². The molecule has 0 bridgehead atoms. The second-order valence-corrected chi connectivity index (χ2v) is 5.09. The predicted molar refractivity (Wildman–Crippen MR) is 61.4 cm³/mol. The van der Waals surface area contributed by atoms with Gasteiger partial charge in [-0.05, 0) is 50.9 Å². The van der Waals surface area contributed by atoms with Crippen LogP contribution in [-0.4, -0.2) is 12.6 Å². The highest BCUT2D eigenvalue weighted by molar-refractivity contribution is 5.09. The van der Waals surface area contributed by atoms with Crippen molar-refractivity contribution in [2.75, 3.05) is 6.54 Å². The van der Waals surface area contributed by atoms with E-state index in [4.69, 9.17) is 0 Å². The van der Waals surface area contributed by atoms with Gasteiger partial charge in [-0.25, -0.2) is 0 Å². The van der Waals surface area contributed by atoms with E-state index in [0.29, 0.717) is 0 Å². The van der Waals surface area contributed by atoms with Gasteiger partial charge in [-0.3, -0.25) is 0 Å². The van der Waals surface area contributed by atoms with Crippen LogP contribution in [0, 0.1) is 5.92 Å². The van der Waals surface area contributed by atoms with Crippen molar-refractivity contribution in [3.8, 4) is 0 Å². The molecular formula is C13H23N. The molecule has 0 heterocycles. The van der Waals surface area contributed by atoms with Crippen molar-refractivity contribution in [3.05, 3.63) is 11.6 Å². The van der Waals surface area contributed by atoms with Gasteiger partial charge in [0.05, 0.1) is 0 Å². The predicted octanol–water partition coefficient (Wildman–Crippen LogP) is 3.27. The largest absolute Gasteiger partial charge is 0.310 e. The average molecular weight is 193 g/mol. The average Bonchev–Trinajstić information content (AvgIpc) is 2.70. The molecular weight excluding hydrogens is 170 g/mol. The lowest BCUT2D eigenvalue weighted by atomic mass is 9.87. The Hall–Kier alpha value is -0.300. The standard InChI is InChI=1S/C13H23N/c1-11-6-8-13(9-7-11)14-10-12-4-2-3-5-12/h4,11,13-14H,2-3,5-10H2,1H3. The molecule has 0 radical (unpaired) electrons. The molecule has 0 unspecified atom stereocenters. The molecule has 0 saturated heterocycles. The minimum absolute atomic E-state index is 0.813. The molecule has 2 aliphatic carbocycles. The fraction of sp³-hybridized carbons (Fsp3) is 0.846. The zero-order valence-electron chi connectivity index (χ0n) is 9.39. The number of hydrogen-bond donors (Lipinski definition) is 1. The van der Waals surface area contributed by atoms with Gasteiger partial charge in [0.2, 0.25) is 0 Å². The Morgan fingerprint density at radius 1 is 1.29 bits per heavy atom. The molecule has 2 aliphatic rings. The zero-order chi connectivity index (χ0) is 9.80. The highest BCUT2D eigenvalue weighted by atomic mass is 14.9. The lowest BCUT2D eigenvalue weighted by molar-refractivity contribution is 0.312. The first-order chi connectivity index (χ1) is 6.84. The van der Waals surface area contributed by atoms with Crippen LogP contribution in [0.25, 0.3) is 0 Å².